The van der Waals surface area contributed by atoms with E-state index in [1.165, 1.54) is 36.4 Å². The van der Waals surface area contributed by atoms with Crippen LogP contribution in [0.3, 0.4) is 0 Å². The van der Waals surface area contributed by atoms with Gasteiger partial charge in [0.25, 0.3) is 0 Å². The van der Waals surface area contributed by atoms with Crippen molar-refractivity contribution in [3.8, 4) is 0 Å². The SMILES string of the molecule is CCCC[Si](C)(C1=CC[C]([Ti+3])=C1C(C)C)c1cc(C)cc(C)c1.[Cl-].[Cl-].[Cl-]. The Bertz CT molecular complexity index is 632. The summed E-state index contributed by atoms with van der Waals surface area (Å²) >= 11 is 2.34. The number of hydrogen-bond acceptors (Lipinski definition) is 0. The van der Waals surface area contributed by atoms with Crippen LogP contribution < -0.4 is 42.4 Å². The molecule has 0 aromatic heterocycles. The molecule has 0 radical (unpaired) electrons. The maximum atomic E-state index is 2.61. The minimum Gasteiger partial charge on any atom is -1.00 e. The molecule has 1 atom stereocenters. The van der Waals surface area contributed by atoms with Crippen molar-refractivity contribution in [1.29, 1.82) is 0 Å². The Balaban J connectivity index is 0. The fourth-order valence-electron chi connectivity index (χ4n) is 4.03. The Kier molecular flexibility index (Phi) is 13.4. The molecule has 0 saturated carbocycles. The summed E-state index contributed by atoms with van der Waals surface area (Å²) in [6, 6.07) is 8.63. The van der Waals surface area contributed by atoms with Crippen molar-refractivity contribution >= 4 is 13.3 Å². The summed E-state index contributed by atoms with van der Waals surface area (Å²) in [6.45, 7) is 14.2. The van der Waals surface area contributed by atoms with Gasteiger partial charge in [0.1, 0.15) is 0 Å². The molecule has 0 saturated heterocycles. The Labute approximate surface area is 192 Å². The molecule has 1 unspecified atom stereocenters. The van der Waals surface area contributed by atoms with E-state index in [1.54, 1.807) is 19.8 Å². The van der Waals surface area contributed by atoms with Gasteiger partial charge in [0.15, 0.2) is 0 Å². The first-order chi connectivity index (χ1) is 10.8. The third-order valence-electron chi connectivity index (χ3n) is 5.19. The summed E-state index contributed by atoms with van der Waals surface area (Å²) in [5, 5.41) is 3.38. The van der Waals surface area contributed by atoms with E-state index in [1.807, 2.05) is 0 Å². The molecule has 26 heavy (non-hydrogen) atoms. The van der Waals surface area contributed by atoms with Crippen LogP contribution in [0, 0.1) is 19.8 Å². The second-order valence-corrected chi connectivity index (χ2v) is 12.9. The van der Waals surface area contributed by atoms with Crippen LogP contribution in [0.5, 0.6) is 0 Å². The Morgan fingerprint density at radius 2 is 1.58 bits per heavy atom. The van der Waals surface area contributed by atoms with Crippen LogP contribution in [-0.2, 0) is 20.4 Å². The van der Waals surface area contributed by atoms with E-state index in [2.05, 4.69) is 85.9 Å². The van der Waals surface area contributed by atoms with Gasteiger partial charge in [-0.1, -0.05) is 0 Å². The van der Waals surface area contributed by atoms with E-state index >= 15 is 0 Å². The summed E-state index contributed by atoms with van der Waals surface area (Å²) in [7, 11) is -1.64. The second-order valence-electron chi connectivity index (χ2n) is 7.68. The number of halogens is 3. The van der Waals surface area contributed by atoms with Crippen LogP contribution in [0.2, 0.25) is 12.6 Å². The van der Waals surface area contributed by atoms with E-state index in [4.69, 9.17) is 0 Å². The molecule has 0 aliphatic heterocycles. The quantitative estimate of drug-likeness (QED) is 0.387. The Morgan fingerprint density at radius 3 is 2.04 bits per heavy atom. The van der Waals surface area contributed by atoms with Crippen molar-refractivity contribution in [2.45, 2.75) is 66.5 Å². The van der Waals surface area contributed by atoms with Crippen molar-refractivity contribution in [1.82, 2.24) is 0 Å². The molecule has 0 spiro atoms. The molecule has 0 bridgehead atoms. The van der Waals surface area contributed by atoms with Crippen LogP contribution >= 0.6 is 0 Å². The van der Waals surface area contributed by atoms with Gasteiger partial charge in [-0.05, 0) is 0 Å². The van der Waals surface area contributed by atoms with E-state index < -0.39 is 8.07 Å². The van der Waals surface area contributed by atoms with Gasteiger partial charge in [-0.2, -0.15) is 0 Å². The van der Waals surface area contributed by atoms with Crippen molar-refractivity contribution in [2.75, 3.05) is 0 Å². The Hall–Kier alpha value is 0.501. The normalized spacial score (nSPS) is 15.7. The van der Waals surface area contributed by atoms with Gasteiger partial charge in [-0.15, -0.1) is 0 Å². The van der Waals surface area contributed by atoms with Crippen LogP contribution in [-0.4, -0.2) is 8.07 Å². The van der Waals surface area contributed by atoms with Gasteiger partial charge in [-0.3, -0.25) is 0 Å². The van der Waals surface area contributed by atoms with E-state index in [9.17, 15) is 0 Å². The van der Waals surface area contributed by atoms with Gasteiger partial charge in [0, 0.05) is 0 Å². The number of rotatable bonds is 6. The molecular weight excluding hydrogens is 435 g/mol. The van der Waals surface area contributed by atoms with Gasteiger partial charge in [0.2, 0.25) is 0 Å². The molecule has 5 heteroatoms. The van der Waals surface area contributed by atoms with Crippen molar-refractivity contribution < 1.29 is 57.7 Å². The topological polar surface area (TPSA) is 0 Å². The third kappa shape index (κ3) is 6.26. The van der Waals surface area contributed by atoms with Crippen LogP contribution in [0.25, 0.3) is 0 Å². The van der Waals surface area contributed by atoms with Gasteiger partial charge in [-0.25, -0.2) is 0 Å². The zero-order valence-corrected chi connectivity index (χ0v) is 21.7. The average Bonchev–Trinajstić information content (AvgIpc) is 2.86. The van der Waals surface area contributed by atoms with Crippen molar-refractivity contribution in [3.05, 3.63) is 50.0 Å². The van der Waals surface area contributed by atoms with E-state index in [-0.39, 0.29) is 37.2 Å². The molecule has 0 N–H and O–H groups in total. The number of aryl methyl sites for hydroxylation is 2. The van der Waals surface area contributed by atoms with E-state index in [0.717, 1.165) is 0 Å². The van der Waals surface area contributed by atoms with Crippen LogP contribution in [0.15, 0.2) is 38.9 Å². The zero-order chi connectivity index (χ0) is 17.2. The summed E-state index contributed by atoms with van der Waals surface area (Å²) in [4.78, 5) is 0. The maximum absolute atomic E-state index is 2.61. The summed E-state index contributed by atoms with van der Waals surface area (Å²) < 4.78 is 1.61. The molecular formula is C21H31Cl3SiTi. The second kappa shape index (κ2) is 12.1. The molecule has 1 aromatic carbocycles. The first-order valence-electron chi connectivity index (χ1n) is 9.04. The zero-order valence-electron chi connectivity index (χ0n) is 16.8. The predicted molar refractivity (Wildman–Crippen MR) is 101 cm³/mol. The maximum Gasteiger partial charge on any atom is -1.00 e. The smallest absolute Gasteiger partial charge is 1.00 e. The number of hydrogen-bond donors (Lipinski definition) is 0. The number of benzene rings is 1. The van der Waals surface area contributed by atoms with Crippen LogP contribution in [0.1, 0.15) is 51.2 Å². The monoisotopic (exact) mass is 464 g/mol. The molecule has 1 aliphatic carbocycles. The Morgan fingerprint density at radius 1 is 1.04 bits per heavy atom. The fraction of sp³-hybridized carbons (Fsp3) is 0.524. The van der Waals surface area contributed by atoms with Crippen LogP contribution in [0.4, 0.5) is 0 Å². The van der Waals surface area contributed by atoms with Crippen molar-refractivity contribution in [2.24, 2.45) is 5.92 Å². The molecule has 0 amide bonds. The molecule has 0 heterocycles. The van der Waals surface area contributed by atoms with E-state index in [0.29, 0.717) is 5.92 Å². The summed E-state index contributed by atoms with van der Waals surface area (Å²) in [6.07, 6.45) is 6.38. The molecule has 0 fully saturated rings. The standard InChI is InChI=1S/C21H31Si.3ClH.Ti/c1-7-8-12-22(6,19-14-17(4)13-18(5)15-19)21-11-9-10-20(21)16(2)3;;;;/h11,13-16H,7-9,12H2,1-6H3;3*1H;/q;;;;+3/p-3. The minimum absolute atomic E-state index is 0. The predicted octanol–water partition coefficient (Wildman–Crippen LogP) is -3.27. The molecule has 1 aliphatic rings. The number of allylic oxidation sites excluding steroid dienone is 4. The largest absolute Gasteiger partial charge is 1.00 e. The summed E-state index contributed by atoms with van der Waals surface area (Å²) in [5.41, 5.74) is 4.51. The van der Waals surface area contributed by atoms with Gasteiger partial charge in [0.05, 0.1) is 0 Å². The van der Waals surface area contributed by atoms with Gasteiger partial charge < -0.3 is 37.2 Å². The molecule has 0 nitrogen and oxygen atoms in total. The first-order valence-corrected chi connectivity index (χ1v) is 12.5. The minimum atomic E-state index is -1.64. The molecule has 144 valence electrons. The average molecular weight is 466 g/mol. The number of unbranched alkanes of at least 4 members (excludes halogenated alkanes) is 1. The molecule has 1 aromatic rings. The summed E-state index contributed by atoms with van der Waals surface area (Å²) in [5.74, 6) is 0.642. The molecule has 2 rings (SSSR count). The third-order valence-corrected chi connectivity index (χ3v) is 10.5. The first kappa shape index (κ1) is 28.7. The van der Waals surface area contributed by atoms with Gasteiger partial charge >= 0.3 is 156 Å². The fourth-order valence-corrected chi connectivity index (χ4v) is 9.65. The van der Waals surface area contributed by atoms with Crippen molar-refractivity contribution in [3.63, 3.8) is 0 Å².